The summed E-state index contributed by atoms with van der Waals surface area (Å²) in [5.41, 5.74) is 11.5. The Bertz CT molecular complexity index is 888. The molecule has 124 valence electrons. The second-order valence-corrected chi connectivity index (χ2v) is 7.64. The van der Waals surface area contributed by atoms with Crippen molar-refractivity contribution in [3.05, 3.63) is 47.5 Å². The summed E-state index contributed by atoms with van der Waals surface area (Å²) in [7, 11) is -9.10. The average molecular weight is 358 g/mol. The molecule has 2 rings (SSSR count). The fourth-order valence-corrected chi connectivity index (χ4v) is 3.63. The molecule has 8 nitrogen and oxygen atoms in total. The summed E-state index contributed by atoms with van der Waals surface area (Å²) in [5.74, 6) is 0. The molecule has 0 aliphatic rings. The predicted molar refractivity (Wildman–Crippen MR) is 84.1 cm³/mol. The number of anilines is 2. The normalized spacial score (nSPS) is 12.3. The van der Waals surface area contributed by atoms with Crippen LogP contribution in [0.15, 0.2) is 46.2 Å². The van der Waals surface area contributed by atoms with E-state index in [9.17, 15) is 25.9 Å². The fraction of sp³-hybridized carbons (Fsp3) is 0.0769. The lowest BCUT2D eigenvalue weighted by atomic mass is 10.0. The van der Waals surface area contributed by atoms with Crippen LogP contribution in [-0.4, -0.2) is 25.9 Å². The Morgan fingerprint density at radius 3 is 1.39 bits per heavy atom. The predicted octanol–water partition coefficient (Wildman–Crippen LogP) is 0.935. The SMILES string of the molecule is Nc1ccc(Cc2ccc(N)cc2S(=O)(=O)O)c(S(=O)(=O)O)c1. The van der Waals surface area contributed by atoms with Gasteiger partial charge < -0.3 is 11.5 Å². The van der Waals surface area contributed by atoms with Gasteiger partial charge in [-0.3, -0.25) is 9.11 Å². The van der Waals surface area contributed by atoms with Gasteiger partial charge in [-0.1, -0.05) is 12.1 Å². The molecule has 0 unspecified atom stereocenters. The van der Waals surface area contributed by atoms with Crippen molar-refractivity contribution in [3.63, 3.8) is 0 Å². The van der Waals surface area contributed by atoms with E-state index >= 15 is 0 Å². The van der Waals surface area contributed by atoms with Crippen molar-refractivity contribution in [1.82, 2.24) is 0 Å². The zero-order valence-electron chi connectivity index (χ0n) is 11.7. The van der Waals surface area contributed by atoms with Gasteiger partial charge in [-0.05, 0) is 35.4 Å². The van der Waals surface area contributed by atoms with E-state index in [1.165, 1.54) is 24.3 Å². The number of hydrogen-bond donors (Lipinski definition) is 4. The van der Waals surface area contributed by atoms with E-state index in [0.717, 1.165) is 12.1 Å². The van der Waals surface area contributed by atoms with Gasteiger partial charge in [-0.15, -0.1) is 0 Å². The Kier molecular flexibility index (Phi) is 4.35. The van der Waals surface area contributed by atoms with Crippen LogP contribution in [0.1, 0.15) is 11.1 Å². The van der Waals surface area contributed by atoms with E-state index < -0.39 is 30.0 Å². The molecule has 0 radical (unpaired) electrons. The second-order valence-electron chi connectivity index (χ2n) is 4.86. The summed E-state index contributed by atoms with van der Waals surface area (Å²) >= 11 is 0. The quantitative estimate of drug-likeness (QED) is 0.463. The molecule has 0 saturated heterocycles. The first-order chi connectivity index (χ1) is 10.5. The molecule has 0 bridgehead atoms. The monoisotopic (exact) mass is 358 g/mol. The van der Waals surface area contributed by atoms with Gasteiger partial charge in [0.25, 0.3) is 20.2 Å². The lowest BCUT2D eigenvalue weighted by molar-refractivity contribution is 0.481. The number of nitrogen functional groups attached to an aromatic ring is 2. The summed E-state index contributed by atoms with van der Waals surface area (Å²) in [5, 5.41) is 0. The van der Waals surface area contributed by atoms with Crippen LogP contribution in [0.25, 0.3) is 0 Å². The third kappa shape index (κ3) is 3.99. The average Bonchev–Trinajstić information content (AvgIpc) is 2.40. The molecule has 2 aromatic rings. The van der Waals surface area contributed by atoms with Gasteiger partial charge in [0, 0.05) is 17.8 Å². The molecular weight excluding hydrogens is 344 g/mol. The Balaban J connectivity index is 2.62. The van der Waals surface area contributed by atoms with Gasteiger partial charge in [-0.2, -0.15) is 16.8 Å². The van der Waals surface area contributed by atoms with E-state index in [4.69, 9.17) is 11.5 Å². The number of rotatable bonds is 4. The molecule has 6 N–H and O–H groups in total. The van der Waals surface area contributed by atoms with Gasteiger partial charge in [-0.25, -0.2) is 0 Å². The minimum Gasteiger partial charge on any atom is -0.399 e. The first-order valence-electron chi connectivity index (χ1n) is 6.20. The molecule has 0 aliphatic carbocycles. The van der Waals surface area contributed by atoms with E-state index in [-0.39, 0.29) is 28.9 Å². The highest BCUT2D eigenvalue weighted by Crippen LogP contribution is 2.26. The van der Waals surface area contributed by atoms with Crippen LogP contribution in [-0.2, 0) is 26.7 Å². The minimum absolute atomic E-state index is 0.119. The van der Waals surface area contributed by atoms with Gasteiger partial charge >= 0.3 is 0 Å². The van der Waals surface area contributed by atoms with Crippen molar-refractivity contribution in [2.45, 2.75) is 16.2 Å². The van der Waals surface area contributed by atoms with Gasteiger partial charge in [0.05, 0.1) is 9.79 Å². The number of hydrogen-bond acceptors (Lipinski definition) is 6. The van der Waals surface area contributed by atoms with E-state index in [0.29, 0.717) is 0 Å². The highest BCUT2D eigenvalue weighted by molar-refractivity contribution is 7.86. The van der Waals surface area contributed by atoms with E-state index in [1.807, 2.05) is 0 Å². The first kappa shape index (κ1) is 17.2. The Labute approximate surface area is 133 Å². The Morgan fingerprint density at radius 1 is 0.739 bits per heavy atom. The summed E-state index contributed by atoms with van der Waals surface area (Å²) in [6.07, 6.45) is -0.176. The van der Waals surface area contributed by atoms with Gasteiger partial charge in [0.15, 0.2) is 0 Å². The molecule has 23 heavy (non-hydrogen) atoms. The summed E-state index contributed by atoms with van der Waals surface area (Å²) in [6, 6.07) is 7.65. The molecule has 0 atom stereocenters. The molecule has 2 aromatic carbocycles. The molecule has 0 fully saturated rings. The molecule has 0 aliphatic heterocycles. The van der Waals surface area contributed by atoms with Crippen LogP contribution < -0.4 is 11.5 Å². The maximum Gasteiger partial charge on any atom is 0.294 e. The Hall–Kier alpha value is -2.14. The zero-order chi connectivity index (χ0) is 17.4. The van der Waals surface area contributed by atoms with Crippen LogP contribution in [0.2, 0.25) is 0 Å². The Morgan fingerprint density at radius 2 is 1.09 bits per heavy atom. The summed E-state index contributed by atoms with van der Waals surface area (Å²) in [4.78, 5) is -0.869. The standard InChI is InChI=1S/C13H14N2O6S2/c14-10-3-1-8(12(6-10)22(16,17)18)5-9-2-4-11(15)7-13(9)23(19,20)21/h1-4,6-7H,5,14-15H2,(H,16,17,18)(H,19,20,21). The smallest absolute Gasteiger partial charge is 0.294 e. The van der Waals surface area contributed by atoms with Gasteiger partial charge in [0.2, 0.25) is 0 Å². The van der Waals surface area contributed by atoms with Crippen molar-refractivity contribution in [2.75, 3.05) is 11.5 Å². The van der Waals surface area contributed by atoms with Crippen molar-refractivity contribution in [3.8, 4) is 0 Å². The summed E-state index contributed by atoms with van der Waals surface area (Å²) in [6.45, 7) is 0. The molecule has 0 saturated carbocycles. The molecule has 10 heteroatoms. The summed E-state index contributed by atoms with van der Waals surface area (Å²) < 4.78 is 64.3. The number of nitrogens with two attached hydrogens (primary N) is 2. The lowest BCUT2D eigenvalue weighted by Gasteiger charge is -2.11. The highest BCUT2D eigenvalue weighted by Gasteiger charge is 2.20. The van der Waals surface area contributed by atoms with Crippen LogP contribution in [0.3, 0.4) is 0 Å². The van der Waals surface area contributed by atoms with Crippen LogP contribution >= 0.6 is 0 Å². The van der Waals surface area contributed by atoms with Crippen molar-refractivity contribution in [1.29, 1.82) is 0 Å². The minimum atomic E-state index is -4.55. The zero-order valence-corrected chi connectivity index (χ0v) is 13.3. The van der Waals surface area contributed by atoms with Crippen molar-refractivity contribution < 1.29 is 25.9 Å². The largest absolute Gasteiger partial charge is 0.399 e. The van der Waals surface area contributed by atoms with Crippen molar-refractivity contribution >= 4 is 31.6 Å². The highest BCUT2D eigenvalue weighted by atomic mass is 32.2. The van der Waals surface area contributed by atoms with Crippen LogP contribution in [0.5, 0.6) is 0 Å². The molecule has 0 aromatic heterocycles. The maximum atomic E-state index is 11.4. The van der Waals surface area contributed by atoms with Crippen LogP contribution in [0.4, 0.5) is 11.4 Å². The molecule has 0 amide bonds. The fourth-order valence-electron chi connectivity index (χ4n) is 2.12. The maximum absolute atomic E-state index is 11.4. The molecule has 0 spiro atoms. The molecular formula is C13H14N2O6S2. The third-order valence-corrected chi connectivity index (χ3v) is 4.99. The lowest BCUT2D eigenvalue weighted by Crippen LogP contribution is -2.08. The van der Waals surface area contributed by atoms with Gasteiger partial charge in [0.1, 0.15) is 0 Å². The van der Waals surface area contributed by atoms with E-state index in [2.05, 4.69) is 0 Å². The van der Waals surface area contributed by atoms with Crippen molar-refractivity contribution in [2.24, 2.45) is 0 Å². The molecule has 0 heterocycles. The first-order valence-corrected chi connectivity index (χ1v) is 9.08. The van der Waals surface area contributed by atoms with E-state index in [1.54, 1.807) is 0 Å². The second kappa shape index (κ2) is 5.81. The third-order valence-electron chi connectivity index (χ3n) is 3.12. The number of benzene rings is 2. The topological polar surface area (TPSA) is 161 Å². The van der Waals surface area contributed by atoms with Crippen LogP contribution in [0, 0.1) is 0 Å².